The van der Waals surface area contributed by atoms with Crippen LogP contribution in [0.2, 0.25) is 0 Å². The molecule has 0 aliphatic carbocycles. The van der Waals surface area contributed by atoms with Crippen LogP contribution in [0.1, 0.15) is 0 Å². The van der Waals surface area contributed by atoms with E-state index in [0.717, 1.165) is 17.7 Å². The molecule has 2 amide bonds. The van der Waals surface area contributed by atoms with E-state index in [1.165, 1.54) is 5.43 Å². The smallest absolute Gasteiger partial charge is 0.267 e. The number of urea groups is 1. The third kappa shape index (κ3) is 2.64. The van der Waals surface area contributed by atoms with Crippen molar-refractivity contribution in [3.05, 3.63) is 4.91 Å². The molecule has 1 radical (unpaired) electrons. The molecule has 0 fully saturated rings. The molecule has 0 aromatic heterocycles. The number of rotatable bonds is 3. The first kappa shape index (κ1) is 10.9. The van der Waals surface area contributed by atoms with Gasteiger partial charge in [-0.15, -0.1) is 0 Å². The Bertz CT molecular complexity index is 313. The van der Waals surface area contributed by atoms with E-state index in [0.29, 0.717) is 0 Å². The number of hydrazine groups is 3. The van der Waals surface area contributed by atoms with Crippen LogP contribution in [0.15, 0.2) is 10.2 Å². The van der Waals surface area contributed by atoms with Crippen molar-refractivity contribution < 1.29 is 25.4 Å². The number of nitrogens with zero attached hydrogens (tertiary/aromatic N) is 6. The Balaban J connectivity index is 2.73. The average molecular weight is 220 g/mol. The van der Waals surface area contributed by atoms with Gasteiger partial charge in [0.1, 0.15) is 4.91 Å². The molecule has 81 valence electrons. The maximum atomic E-state index is 11.1. The third-order valence-electron chi connectivity index (χ3n) is 1.17. The molecular weight excluding hydrogens is 214 g/mol. The van der Waals surface area contributed by atoms with Gasteiger partial charge >= 0.3 is 11.1 Å². The van der Waals surface area contributed by atoms with E-state index in [1.54, 1.807) is 0 Å². The van der Waals surface area contributed by atoms with E-state index in [1.807, 2.05) is 0 Å². The highest BCUT2D eigenvalue weighted by molar-refractivity contribution is 5.86. The Morgan fingerprint density at radius 1 is 1.40 bits per heavy atom. The molecule has 1 heterocycles. The topological polar surface area (TPSA) is 147 Å². The zero-order valence-corrected chi connectivity index (χ0v) is 7.00. The van der Waals surface area contributed by atoms with E-state index in [-0.39, 0.29) is 5.12 Å². The third-order valence-corrected chi connectivity index (χ3v) is 1.17. The number of carbonyl (C=O) groups excluding carboxylic acids is 1. The van der Waals surface area contributed by atoms with Gasteiger partial charge in [-0.1, -0.05) is 10.2 Å². The summed E-state index contributed by atoms with van der Waals surface area (Å²) >= 11 is 0. The monoisotopic (exact) mass is 220 g/mol. The van der Waals surface area contributed by atoms with Crippen LogP contribution < -0.4 is 10.4 Å². The minimum atomic E-state index is -1.36. The molecule has 12 nitrogen and oxygen atoms in total. The van der Waals surface area contributed by atoms with Crippen LogP contribution in [0, 0.1) is 4.91 Å². The predicted octanol–water partition coefficient (Wildman–Crippen LogP) is -1.88. The largest absolute Gasteiger partial charge is 0.449 e. The van der Waals surface area contributed by atoms with Crippen molar-refractivity contribution in [1.29, 1.82) is 0 Å². The van der Waals surface area contributed by atoms with Crippen LogP contribution in [0.5, 0.6) is 0 Å². The second-order valence-electron chi connectivity index (χ2n) is 2.09. The van der Waals surface area contributed by atoms with Crippen molar-refractivity contribution >= 4 is 18.7 Å². The van der Waals surface area contributed by atoms with E-state index >= 15 is 0 Å². The molecule has 4 N–H and O–H groups in total. The van der Waals surface area contributed by atoms with E-state index in [9.17, 15) is 9.70 Å². The Hall–Kier alpha value is -2.15. The number of hydrogen-bond donors (Lipinski definition) is 4. The minimum absolute atomic E-state index is 0.0983. The highest BCUT2D eigenvalue weighted by atomic mass is 16.8. The maximum absolute atomic E-state index is 11.1. The van der Waals surface area contributed by atoms with Gasteiger partial charge in [-0.25, -0.2) is 10.0 Å². The lowest BCUT2D eigenvalue weighted by atomic mass is 10.9. The zero-order chi connectivity index (χ0) is 11.4. The maximum Gasteiger partial charge on any atom is 0.449 e. The molecule has 0 bridgehead atoms. The van der Waals surface area contributed by atoms with Crippen molar-refractivity contribution in [3.63, 3.8) is 0 Å². The predicted molar refractivity (Wildman–Crippen MR) is 40.3 cm³/mol. The van der Waals surface area contributed by atoms with Gasteiger partial charge in [0.25, 0.3) is 12.7 Å². The Labute approximate surface area is 81.3 Å². The molecule has 0 saturated heterocycles. The van der Waals surface area contributed by atoms with Crippen LogP contribution in [0.25, 0.3) is 0 Å². The van der Waals surface area contributed by atoms with E-state index < -0.39 is 16.4 Å². The summed E-state index contributed by atoms with van der Waals surface area (Å²) in [7, 11) is 0. The van der Waals surface area contributed by atoms with Gasteiger partial charge in [0.2, 0.25) is 0 Å². The van der Waals surface area contributed by atoms with E-state index in [4.69, 9.17) is 15.6 Å². The summed E-state index contributed by atoms with van der Waals surface area (Å²) in [5, 5.41) is 31.3. The average Bonchev–Trinajstić information content (AvgIpc) is 2.54. The lowest BCUT2D eigenvalue weighted by Crippen LogP contribution is -2.59. The van der Waals surface area contributed by atoms with Crippen LogP contribution >= 0.6 is 0 Å². The summed E-state index contributed by atoms with van der Waals surface area (Å²) in [6, 6.07) is -1.36. The molecule has 12 heteroatoms. The zero-order valence-electron chi connectivity index (χ0n) is 7.00. The molecule has 1 aliphatic rings. The summed E-state index contributed by atoms with van der Waals surface area (Å²) in [5.74, 6) is 0. The second kappa shape index (κ2) is 4.38. The summed E-state index contributed by atoms with van der Waals surface area (Å²) in [6.07, 6.45) is 1.87. The molecule has 0 saturated carbocycles. The first-order valence-corrected chi connectivity index (χ1v) is 3.32. The minimum Gasteiger partial charge on any atom is -0.267 e. The Morgan fingerprint density at radius 2 is 1.93 bits per heavy atom. The molecule has 15 heavy (non-hydrogen) atoms. The standard InChI is InChI=1S/C3H5N7O5/c11-3(6-9(12)13)8(10(14)15)7-1-4-5-2-7/h1-2,14-15H,(H-,6,11,12,13)/q+1/p+1. The summed E-state index contributed by atoms with van der Waals surface area (Å²) in [6.45, 7) is 0. The van der Waals surface area contributed by atoms with Crippen LogP contribution in [-0.4, -0.2) is 49.8 Å². The van der Waals surface area contributed by atoms with Gasteiger partial charge in [0.15, 0.2) is 0 Å². The van der Waals surface area contributed by atoms with Gasteiger partial charge in [-0.05, 0) is 5.43 Å². The van der Waals surface area contributed by atoms with Gasteiger partial charge in [-0.3, -0.25) is 10.4 Å². The van der Waals surface area contributed by atoms with Crippen molar-refractivity contribution in [3.8, 4) is 0 Å². The highest BCUT2D eigenvalue weighted by Gasteiger charge is 2.40. The van der Waals surface area contributed by atoms with Gasteiger partial charge in [0.05, 0.1) is 10.3 Å². The van der Waals surface area contributed by atoms with Gasteiger partial charge in [0, 0.05) is 5.12 Å². The normalized spacial score (nSPS) is 14.6. The summed E-state index contributed by atoms with van der Waals surface area (Å²) < 4.78 is 0. The van der Waals surface area contributed by atoms with Crippen molar-refractivity contribution in [1.82, 2.24) is 20.9 Å². The first-order valence-electron chi connectivity index (χ1n) is 3.32. The molecule has 0 atom stereocenters. The number of carbonyl (C=O) groups is 1. The van der Waals surface area contributed by atoms with Crippen LogP contribution in [0.4, 0.5) is 4.79 Å². The summed E-state index contributed by atoms with van der Waals surface area (Å²) in [4.78, 5) is 21.1. The molecule has 0 aromatic rings. The molecule has 1 aliphatic heterocycles. The van der Waals surface area contributed by atoms with Crippen molar-refractivity contribution in [2.24, 2.45) is 10.2 Å². The van der Waals surface area contributed by atoms with Crippen LogP contribution in [-0.2, 0) is 0 Å². The molecule has 1 rings (SSSR count). The second-order valence-corrected chi connectivity index (χ2v) is 2.09. The molecule has 0 spiro atoms. The fourth-order valence-corrected chi connectivity index (χ4v) is 0.698. The highest BCUT2D eigenvalue weighted by Crippen LogP contribution is 1.97. The lowest BCUT2D eigenvalue weighted by molar-refractivity contribution is -0.824. The van der Waals surface area contributed by atoms with Gasteiger partial charge < -0.3 is 0 Å². The molecule has 0 unspecified atom stereocenters. The van der Waals surface area contributed by atoms with Gasteiger partial charge in [-0.2, -0.15) is 0 Å². The number of nitrogens with one attached hydrogen (secondary N) is 1. The lowest BCUT2D eigenvalue weighted by Gasteiger charge is -2.15. The number of amides is 2. The van der Waals surface area contributed by atoms with Crippen LogP contribution in [0.3, 0.4) is 0 Å². The Kier molecular flexibility index (Phi) is 3.19. The van der Waals surface area contributed by atoms with Crippen molar-refractivity contribution in [2.75, 3.05) is 0 Å². The molecule has 0 aromatic carbocycles. The van der Waals surface area contributed by atoms with E-state index in [2.05, 4.69) is 10.2 Å². The SMILES string of the molecule is O=C(N[N+](=O)O)N(N(O)O)[N+]1C=NN=C1. The quantitative estimate of drug-likeness (QED) is 0.323. The molecular formula is C3H6N7O5+2. The fraction of sp³-hybridized carbons (Fsp3) is 0. The Morgan fingerprint density at radius 3 is 2.33 bits per heavy atom. The fourth-order valence-electron chi connectivity index (χ4n) is 0.698. The first-order chi connectivity index (χ1) is 7.02. The number of hydrogen-bond acceptors (Lipinski definition) is 8. The summed E-state index contributed by atoms with van der Waals surface area (Å²) in [5.41, 5.74) is 1.29. The van der Waals surface area contributed by atoms with Crippen molar-refractivity contribution in [2.45, 2.75) is 0 Å².